The van der Waals surface area contributed by atoms with E-state index >= 15 is 0 Å². The average Bonchev–Trinajstić information content (AvgIpc) is 2.55. The van der Waals surface area contributed by atoms with Crippen molar-refractivity contribution in [3.63, 3.8) is 0 Å². The van der Waals surface area contributed by atoms with Gasteiger partial charge in [0.25, 0.3) is 0 Å². The molecule has 0 amide bonds. The molecule has 1 fully saturated rings. The highest BCUT2D eigenvalue weighted by Crippen LogP contribution is 2.25. The number of hydrogen-bond donors (Lipinski definition) is 0. The fourth-order valence-corrected chi connectivity index (χ4v) is 2.98. The third-order valence-corrected chi connectivity index (χ3v) is 4.29. The molecule has 1 aliphatic rings. The first kappa shape index (κ1) is 17.2. The molecule has 0 N–H and O–H groups in total. The quantitative estimate of drug-likeness (QED) is 0.643. The molecule has 0 bridgehead atoms. The molecule has 3 atom stereocenters. The van der Waals surface area contributed by atoms with E-state index in [0.717, 1.165) is 38.6 Å². The van der Waals surface area contributed by atoms with Crippen LogP contribution >= 0.6 is 0 Å². The number of benzene rings is 1. The van der Waals surface area contributed by atoms with Gasteiger partial charge in [-0.05, 0) is 43.6 Å². The van der Waals surface area contributed by atoms with E-state index < -0.39 is 0 Å². The lowest BCUT2D eigenvalue weighted by atomic mass is 9.96. The van der Waals surface area contributed by atoms with E-state index in [4.69, 9.17) is 9.47 Å². The lowest BCUT2D eigenvalue weighted by Gasteiger charge is -2.29. The van der Waals surface area contributed by atoms with Gasteiger partial charge in [0.05, 0.1) is 18.8 Å². The van der Waals surface area contributed by atoms with Gasteiger partial charge in [-0.3, -0.25) is 0 Å². The minimum absolute atomic E-state index is 0.154. The number of carbonyl (C=O) groups excluding carboxylic acids is 1. The third kappa shape index (κ3) is 6.29. The van der Waals surface area contributed by atoms with Crippen molar-refractivity contribution < 1.29 is 14.3 Å². The van der Waals surface area contributed by atoms with E-state index in [1.54, 1.807) is 0 Å². The van der Waals surface area contributed by atoms with Gasteiger partial charge in [-0.2, -0.15) is 0 Å². The second-order valence-electron chi connectivity index (χ2n) is 6.40. The summed E-state index contributed by atoms with van der Waals surface area (Å²) in [5, 5.41) is 0. The Labute approximate surface area is 134 Å². The summed E-state index contributed by atoms with van der Waals surface area (Å²) in [5.74, 6) is 0.541. The smallest absolute Gasteiger partial charge is 0.122 e. The van der Waals surface area contributed by atoms with Gasteiger partial charge in [-0.1, -0.05) is 37.3 Å². The van der Waals surface area contributed by atoms with E-state index in [-0.39, 0.29) is 6.10 Å². The van der Waals surface area contributed by atoms with Gasteiger partial charge in [0.1, 0.15) is 6.29 Å². The second-order valence-corrected chi connectivity index (χ2v) is 6.40. The summed E-state index contributed by atoms with van der Waals surface area (Å²) in [4.78, 5) is 10.6. The van der Waals surface area contributed by atoms with Gasteiger partial charge in [-0.25, -0.2) is 0 Å². The lowest BCUT2D eigenvalue weighted by molar-refractivity contribution is -0.114. The van der Waals surface area contributed by atoms with Crippen LogP contribution in [0, 0.1) is 5.92 Å². The SMILES string of the molecule is C[C@@H](CC[C@@H]1CCC[C@H](CC=O)O1)COCc1ccccc1. The van der Waals surface area contributed by atoms with Gasteiger partial charge in [0.15, 0.2) is 0 Å². The molecule has 0 saturated carbocycles. The molecule has 122 valence electrons. The Bertz CT molecular complexity index is 418. The van der Waals surface area contributed by atoms with Crippen LogP contribution in [-0.4, -0.2) is 25.1 Å². The van der Waals surface area contributed by atoms with Crippen LogP contribution in [0.3, 0.4) is 0 Å². The molecule has 0 radical (unpaired) electrons. The second kappa shape index (κ2) is 9.75. The highest BCUT2D eigenvalue weighted by molar-refractivity contribution is 5.50. The van der Waals surface area contributed by atoms with Crippen LogP contribution < -0.4 is 0 Å². The van der Waals surface area contributed by atoms with E-state index in [0.29, 0.717) is 25.0 Å². The van der Waals surface area contributed by atoms with Gasteiger partial charge < -0.3 is 14.3 Å². The molecule has 0 aromatic heterocycles. The maximum atomic E-state index is 10.6. The van der Waals surface area contributed by atoms with Crippen LogP contribution in [0.2, 0.25) is 0 Å². The highest BCUT2D eigenvalue weighted by atomic mass is 16.5. The fourth-order valence-electron chi connectivity index (χ4n) is 2.98. The number of hydrogen-bond acceptors (Lipinski definition) is 3. The maximum absolute atomic E-state index is 10.6. The minimum Gasteiger partial charge on any atom is -0.376 e. The summed E-state index contributed by atoms with van der Waals surface area (Å²) in [6.45, 7) is 3.71. The van der Waals surface area contributed by atoms with Crippen molar-refractivity contribution in [3.8, 4) is 0 Å². The molecule has 3 nitrogen and oxygen atoms in total. The zero-order chi connectivity index (χ0) is 15.6. The summed E-state index contributed by atoms with van der Waals surface area (Å²) in [5.41, 5.74) is 1.22. The number of aldehydes is 1. The Morgan fingerprint density at radius 2 is 2.05 bits per heavy atom. The molecule has 1 saturated heterocycles. The molecule has 1 aliphatic heterocycles. The summed E-state index contributed by atoms with van der Waals surface area (Å²) >= 11 is 0. The minimum atomic E-state index is 0.154. The van der Waals surface area contributed by atoms with Gasteiger partial charge >= 0.3 is 0 Å². The Hall–Kier alpha value is -1.19. The van der Waals surface area contributed by atoms with Gasteiger partial charge in [-0.15, -0.1) is 0 Å². The van der Waals surface area contributed by atoms with E-state index in [1.807, 2.05) is 18.2 Å². The maximum Gasteiger partial charge on any atom is 0.122 e. The predicted molar refractivity (Wildman–Crippen MR) is 87.7 cm³/mol. The molecule has 0 spiro atoms. The van der Waals surface area contributed by atoms with Gasteiger partial charge in [0.2, 0.25) is 0 Å². The molecule has 1 aromatic rings. The third-order valence-electron chi connectivity index (χ3n) is 4.29. The van der Waals surface area contributed by atoms with Crippen LogP contribution in [0.25, 0.3) is 0 Å². The van der Waals surface area contributed by atoms with Crippen molar-refractivity contribution in [2.24, 2.45) is 5.92 Å². The Morgan fingerprint density at radius 3 is 2.82 bits per heavy atom. The van der Waals surface area contributed by atoms with Gasteiger partial charge in [0, 0.05) is 13.0 Å². The normalized spacial score (nSPS) is 23.1. The van der Waals surface area contributed by atoms with Crippen molar-refractivity contribution >= 4 is 6.29 Å². The molecule has 1 heterocycles. The summed E-state index contributed by atoms with van der Waals surface area (Å²) in [6.07, 6.45) is 7.55. The monoisotopic (exact) mass is 304 g/mol. The Kier molecular flexibility index (Phi) is 7.61. The Balaban J connectivity index is 1.59. The zero-order valence-corrected chi connectivity index (χ0v) is 13.6. The highest BCUT2D eigenvalue weighted by Gasteiger charge is 2.22. The largest absolute Gasteiger partial charge is 0.376 e. The average molecular weight is 304 g/mol. The molecule has 2 rings (SSSR count). The van der Waals surface area contributed by atoms with Crippen LogP contribution in [0.5, 0.6) is 0 Å². The van der Waals surface area contributed by atoms with E-state index in [2.05, 4.69) is 19.1 Å². The van der Waals surface area contributed by atoms with Crippen LogP contribution in [0.1, 0.15) is 51.0 Å². The fraction of sp³-hybridized carbons (Fsp3) is 0.632. The number of rotatable bonds is 9. The first-order chi connectivity index (χ1) is 10.8. The predicted octanol–water partition coefficient (Wildman–Crippen LogP) is 4.15. The molecular formula is C19H28O3. The summed E-state index contributed by atoms with van der Waals surface area (Å²) in [7, 11) is 0. The standard InChI is InChI=1S/C19H28O3/c1-16(14-21-15-17-6-3-2-4-7-17)10-11-18-8-5-9-19(22-18)12-13-20/h2-4,6-7,13,16,18-19H,5,8-12,14-15H2,1H3/t16-,18-,19+/m0/s1. The summed E-state index contributed by atoms with van der Waals surface area (Å²) in [6, 6.07) is 10.3. The molecule has 0 unspecified atom stereocenters. The zero-order valence-electron chi connectivity index (χ0n) is 13.6. The number of ether oxygens (including phenoxy) is 2. The van der Waals surface area contributed by atoms with Crippen molar-refractivity contribution in [2.45, 2.75) is 64.3 Å². The topological polar surface area (TPSA) is 35.5 Å². The van der Waals surface area contributed by atoms with Crippen molar-refractivity contribution in [1.82, 2.24) is 0 Å². The first-order valence-corrected chi connectivity index (χ1v) is 8.48. The first-order valence-electron chi connectivity index (χ1n) is 8.48. The molecule has 0 aliphatic carbocycles. The molecular weight excluding hydrogens is 276 g/mol. The molecule has 3 heteroatoms. The lowest BCUT2D eigenvalue weighted by Crippen LogP contribution is -2.28. The van der Waals surface area contributed by atoms with Crippen LogP contribution in [0.15, 0.2) is 30.3 Å². The van der Waals surface area contributed by atoms with E-state index in [9.17, 15) is 4.79 Å². The van der Waals surface area contributed by atoms with Crippen LogP contribution in [0.4, 0.5) is 0 Å². The van der Waals surface area contributed by atoms with Crippen molar-refractivity contribution in [1.29, 1.82) is 0 Å². The molecule has 22 heavy (non-hydrogen) atoms. The number of carbonyl (C=O) groups is 1. The molecule has 1 aromatic carbocycles. The van der Waals surface area contributed by atoms with Crippen LogP contribution in [-0.2, 0) is 20.9 Å². The van der Waals surface area contributed by atoms with Crippen molar-refractivity contribution in [2.75, 3.05) is 6.61 Å². The summed E-state index contributed by atoms with van der Waals surface area (Å²) < 4.78 is 11.8. The van der Waals surface area contributed by atoms with Crippen molar-refractivity contribution in [3.05, 3.63) is 35.9 Å². The Morgan fingerprint density at radius 1 is 1.27 bits per heavy atom. The van der Waals surface area contributed by atoms with E-state index in [1.165, 1.54) is 12.0 Å².